The second-order valence-corrected chi connectivity index (χ2v) is 8.16. The van der Waals surface area contributed by atoms with Gasteiger partial charge in [-0.1, -0.05) is 6.07 Å². The minimum Gasteiger partial charge on any atom is -0.317 e. The Morgan fingerprint density at radius 1 is 1.53 bits per heavy atom. The highest BCUT2D eigenvalue weighted by Gasteiger charge is 2.40. The fourth-order valence-corrected chi connectivity index (χ4v) is 4.21. The number of nitrogens with one attached hydrogen (secondary N) is 1. The number of carbonyl (C=O) groups excluding carboxylic acids is 1. The molecule has 0 aliphatic carbocycles. The van der Waals surface area contributed by atoms with Gasteiger partial charge in [0, 0.05) is 17.2 Å². The van der Waals surface area contributed by atoms with Gasteiger partial charge in [-0.05, 0) is 25.3 Å². The molecule has 0 saturated carbocycles. The van der Waals surface area contributed by atoms with Crippen molar-refractivity contribution in [3.8, 4) is 0 Å². The molecular weight excluding hydrogens is 284 g/mol. The predicted octanol–water partition coefficient (Wildman–Crippen LogP) is 1.00. The van der Waals surface area contributed by atoms with Crippen molar-refractivity contribution in [2.24, 2.45) is 0 Å². The highest BCUT2D eigenvalue weighted by atomic mass is 32.2. The van der Waals surface area contributed by atoms with Gasteiger partial charge in [0.25, 0.3) is 0 Å². The van der Waals surface area contributed by atoms with Crippen LogP contribution in [0.5, 0.6) is 0 Å². The Kier molecular flexibility index (Phi) is 3.98. The normalized spacial score (nSPS) is 25.8. The van der Waals surface area contributed by atoms with Crippen molar-refractivity contribution in [1.29, 1.82) is 0 Å². The Hall–Kier alpha value is -0.920. The predicted molar refractivity (Wildman–Crippen MR) is 75.7 cm³/mol. The number of carbonyl (C=O) groups is 1. The molecule has 2 heterocycles. The molecule has 19 heavy (non-hydrogen) atoms. The van der Waals surface area contributed by atoms with Gasteiger partial charge in [0.1, 0.15) is 16.0 Å². The zero-order chi connectivity index (χ0) is 14.2. The quantitative estimate of drug-likeness (QED) is 0.901. The third-order valence-corrected chi connectivity index (χ3v) is 5.16. The van der Waals surface area contributed by atoms with Gasteiger partial charge in [-0.3, -0.25) is 10.1 Å². The van der Waals surface area contributed by atoms with Gasteiger partial charge in [-0.2, -0.15) is 0 Å². The van der Waals surface area contributed by atoms with E-state index in [4.69, 9.17) is 0 Å². The third kappa shape index (κ3) is 3.16. The fourth-order valence-electron chi connectivity index (χ4n) is 2.40. The second-order valence-electron chi connectivity index (χ2n) is 4.99. The highest BCUT2D eigenvalue weighted by molar-refractivity contribution is 7.90. The maximum atomic E-state index is 12.2. The summed E-state index contributed by atoms with van der Waals surface area (Å²) in [5.74, 6) is -0.0655. The minimum absolute atomic E-state index is 0.0188. The molecule has 1 aromatic rings. The van der Waals surface area contributed by atoms with Crippen molar-refractivity contribution in [3.63, 3.8) is 0 Å². The summed E-state index contributed by atoms with van der Waals surface area (Å²) < 4.78 is 22.8. The van der Waals surface area contributed by atoms with Gasteiger partial charge in [0.2, 0.25) is 5.91 Å². The molecule has 1 N–H and O–H groups in total. The Morgan fingerprint density at radius 2 is 2.21 bits per heavy atom. The van der Waals surface area contributed by atoms with Gasteiger partial charge in [0.15, 0.2) is 0 Å². The Bertz CT molecular complexity index is 554. The van der Waals surface area contributed by atoms with Crippen LogP contribution in [0.1, 0.15) is 24.9 Å². The molecule has 5 nitrogen and oxygen atoms in total. The average molecular weight is 302 g/mol. The first-order chi connectivity index (χ1) is 8.79. The van der Waals surface area contributed by atoms with Gasteiger partial charge in [-0.25, -0.2) is 8.42 Å². The number of hydrogen-bond donors (Lipinski definition) is 1. The summed E-state index contributed by atoms with van der Waals surface area (Å²) >= 11 is 1.56. The standard InChI is InChI=1S/C12H18N2O3S2/c1-8(7-19(3,16)17)14-11(10-5-4-6-18-10)13-9(2)12(14)15/h4-6,8-9,11,13H,7H2,1-3H3. The number of hydrogen-bond acceptors (Lipinski definition) is 5. The van der Waals surface area contributed by atoms with Gasteiger partial charge in [-0.15, -0.1) is 11.3 Å². The largest absolute Gasteiger partial charge is 0.317 e. The zero-order valence-corrected chi connectivity index (χ0v) is 12.8. The molecule has 7 heteroatoms. The first-order valence-corrected chi connectivity index (χ1v) is 9.03. The Balaban J connectivity index is 2.26. The number of amides is 1. The highest BCUT2D eigenvalue weighted by Crippen LogP contribution is 2.30. The molecule has 0 aromatic carbocycles. The van der Waals surface area contributed by atoms with E-state index in [0.29, 0.717) is 0 Å². The van der Waals surface area contributed by atoms with Crippen molar-refractivity contribution in [3.05, 3.63) is 22.4 Å². The van der Waals surface area contributed by atoms with Gasteiger partial charge >= 0.3 is 0 Å². The molecule has 2 rings (SSSR count). The van der Waals surface area contributed by atoms with Crippen LogP contribution >= 0.6 is 11.3 Å². The van der Waals surface area contributed by atoms with E-state index < -0.39 is 9.84 Å². The third-order valence-electron chi connectivity index (χ3n) is 3.14. The van der Waals surface area contributed by atoms with Crippen LogP contribution in [0.15, 0.2) is 17.5 Å². The van der Waals surface area contributed by atoms with Crippen LogP contribution in [-0.2, 0) is 14.6 Å². The Labute approximate surface area is 117 Å². The summed E-state index contributed by atoms with van der Waals surface area (Å²) in [5.41, 5.74) is 0. The van der Waals surface area contributed by atoms with E-state index in [9.17, 15) is 13.2 Å². The van der Waals surface area contributed by atoms with E-state index in [1.165, 1.54) is 6.26 Å². The molecule has 0 radical (unpaired) electrons. The molecule has 3 unspecified atom stereocenters. The maximum Gasteiger partial charge on any atom is 0.241 e. The van der Waals surface area contributed by atoms with Crippen LogP contribution in [-0.4, -0.2) is 43.3 Å². The number of sulfone groups is 1. The lowest BCUT2D eigenvalue weighted by molar-refractivity contribution is -0.131. The average Bonchev–Trinajstić information content (AvgIpc) is 2.85. The molecule has 106 valence electrons. The van der Waals surface area contributed by atoms with E-state index in [1.54, 1.807) is 30.1 Å². The van der Waals surface area contributed by atoms with Crippen LogP contribution in [0, 0.1) is 0 Å². The van der Waals surface area contributed by atoms with Gasteiger partial charge in [0.05, 0.1) is 11.8 Å². The smallest absolute Gasteiger partial charge is 0.241 e. The number of rotatable bonds is 4. The molecule has 0 bridgehead atoms. The molecule has 0 spiro atoms. The summed E-state index contributed by atoms with van der Waals surface area (Å²) in [6, 6.07) is 3.25. The minimum atomic E-state index is -3.11. The number of nitrogens with zero attached hydrogens (tertiary/aromatic N) is 1. The molecule has 1 saturated heterocycles. The van der Waals surface area contributed by atoms with E-state index in [1.807, 2.05) is 17.5 Å². The molecular formula is C12H18N2O3S2. The van der Waals surface area contributed by atoms with Crippen LogP contribution in [0.2, 0.25) is 0 Å². The van der Waals surface area contributed by atoms with E-state index in [-0.39, 0.29) is 29.9 Å². The molecule has 1 aromatic heterocycles. The molecule has 1 fully saturated rings. The first-order valence-electron chi connectivity index (χ1n) is 6.09. The van der Waals surface area contributed by atoms with Crippen LogP contribution in [0.25, 0.3) is 0 Å². The lowest BCUT2D eigenvalue weighted by atomic mass is 10.2. The number of thiophene rings is 1. The second kappa shape index (κ2) is 5.22. The van der Waals surface area contributed by atoms with Gasteiger partial charge < -0.3 is 4.90 Å². The Morgan fingerprint density at radius 3 is 2.74 bits per heavy atom. The summed E-state index contributed by atoms with van der Waals surface area (Å²) in [6.45, 7) is 3.58. The van der Waals surface area contributed by atoms with E-state index in [2.05, 4.69) is 5.32 Å². The monoisotopic (exact) mass is 302 g/mol. The topological polar surface area (TPSA) is 66.5 Å². The lowest BCUT2D eigenvalue weighted by Gasteiger charge is -2.29. The lowest BCUT2D eigenvalue weighted by Crippen LogP contribution is -2.41. The molecule has 3 atom stereocenters. The molecule has 1 aliphatic heterocycles. The van der Waals surface area contributed by atoms with Crippen molar-refractivity contribution in [2.45, 2.75) is 32.1 Å². The maximum absolute atomic E-state index is 12.2. The van der Waals surface area contributed by atoms with E-state index in [0.717, 1.165) is 4.88 Å². The van der Waals surface area contributed by atoms with Crippen LogP contribution < -0.4 is 5.32 Å². The van der Waals surface area contributed by atoms with Crippen LogP contribution in [0.3, 0.4) is 0 Å². The van der Waals surface area contributed by atoms with Crippen molar-refractivity contribution >= 4 is 27.1 Å². The first kappa shape index (κ1) is 14.5. The summed E-state index contributed by atoms with van der Waals surface area (Å²) in [4.78, 5) is 14.9. The summed E-state index contributed by atoms with van der Waals surface area (Å²) in [6.07, 6.45) is 0.973. The molecule has 1 aliphatic rings. The fraction of sp³-hybridized carbons (Fsp3) is 0.583. The van der Waals surface area contributed by atoms with E-state index >= 15 is 0 Å². The van der Waals surface area contributed by atoms with Crippen molar-refractivity contribution in [1.82, 2.24) is 10.2 Å². The van der Waals surface area contributed by atoms with Crippen molar-refractivity contribution in [2.75, 3.05) is 12.0 Å². The van der Waals surface area contributed by atoms with Crippen LogP contribution in [0.4, 0.5) is 0 Å². The van der Waals surface area contributed by atoms with Crippen molar-refractivity contribution < 1.29 is 13.2 Å². The zero-order valence-electron chi connectivity index (χ0n) is 11.2. The summed E-state index contributed by atoms with van der Waals surface area (Å²) in [7, 11) is -3.11. The SMILES string of the molecule is CC1NC(c2cccs2)N(C(C)CS(C)(=O)=O)C1=O. The molecule has 1 amide bonds. The summed E-state index contributed by atoms with van der Waals surface area (Å²) in [5, 5.41) is 5.16.